The summed E-state index contributed by atoms with van der Waals surface area (Å²) in [5, 5.41) is 29.0. The highest BCUT2D eigenvalue weighted by atomic mass is 16.6. The molecule has 1 fully saturated rings. The van der Waals surface area contributed by atoms with Gasteiger partial charge in [-0.3, -0.25) is 10.1 Å². The molecular weight excluding hydrogens is 186 g/mol. The van der Waals surface area contributed by atoms with Gasteiger partial charge in [-0.15, -0.1) is 0 Å². The standard InChI is InChI=1S/C9H17NO4/c11-6-8(10(13)14)9(12)7-4-2-1-3-5-7/h7-9,11-12H,1-6H2/t8-,9-/m0/s1. The number of hydrogen-bond acceptors (Lipinski definition) is 4. The Bertz CT molecular complexity index is 191. The maximum Gasteiger partial charge on any atom is 0.261 e. The quantitative estimate of drug-likeness (QED) is 0.516. The van der Waals surface area contributed by atoms with Crippen LogP contribution in [0.2, 0.25) is 0 Å². The summed E-state index contributed by atoms with van der Waals surface area (Å²) in [7, 11) is 0. The van der Waals surface area contributed by atoms with E-state index in [-0.39, 0.29) is 5.92 Å². The fourth-order valence-electron chi connectivity index (χ4n) is 2.09. The number of aliphatic hydroxyl groups is 2. The minimum atomic E-state index is -1.21. The Labute approximate surface area is 82.9 Å². The molecule has 0 amide bonds. The van der Waals surface area contributed by atoms with E-state index in [0.29, 0.717) is 0 Å². The van der Waals surface area contributed by atoms with Crippen LogP contribution in [0.25, 0.3) is 0 Å². The van der Waals surface area contributed by atoms with Crippen LogP contribution >= 0.6 is 0 Å². The predicted molar refractivity (Wildman–Crippen MR) is 50.5 cm³/mol. The zero-order chi connectivity index (χ0) is 10.6. The van der Waals surface area contributed by atoms with Crippen LogP contribution in [0.4, 0.5) is 0 Å². The van der Waals surface area contributed by atoms with Crippen LogP contribution in [-0.4, -0.2) is 33.9 Å². The predicted octanol–water partition coefficient (Wildman–Crippen LogP) is 0.565. The molecule has 2 atom stereocenters. The summed E-state index contributed by atoms with van der Waals surface area (Å²) in [6.45, 7) is -0.579. The first-order valence-electron chi connectivity index (χ1n) is 5.09. The molecule has 5 nitrogen and oxygen atoms in total. The number of rotatable bonds is 4. The van der Waals surface area contributed by atoms with Crippen molar-refractivity contribution in [2.45, 2.75) is 44.2 Å². The smallest absolute Gasteiger partial charge is 0.261 e. The molecule has 1 aliphatic carbocycles. The van der Waals surface area contributed by atoms with Gasteiger partial charge in [0.2, 0.25) is 0 Å². The zero-order valence-corrected chi connectivity index (χ0v) is 8.13. The van der Waals surface area contributed by atoms with E-state index in [1.54, 1.807) is 0 Å². The Balaban J connectivity index is 2.51. The van der Waals surface area contributed by atoms with Crippen LogP contribution in [0, 0.1) is 16.0 Å². The Morgan fingerprint density at radius 1 is 1.36 bits per heavy atom. The van der Waals surface area contributed by atoms with Crippen molar-refractivity contribution in [1.82, 2.24) is 0 Å². The second-order valence-electron chi connectivity index (χ2n) is 3.92. The molecule has 0 unspecified atom stereocenters. The normalized spacial score (nSPS) is 23.0. The van der Waals surface area contributed by atoms with E-state index in [1.807, 2.05) is 0 Å². The highest BCUT2D eigenvalue weighted by Crippen LogP contribution is 2.28. The second-order valence-corrected chi connectivity index (χ2v) is 3.92. The van der Waals surface area contributed by atoms with Gasteiger partial charge in [-0.2, -0.15) is 0 Å². The highest BCUT2D eigenvalue weighted by Gasteiger charge is 2.35. The van der Waals surface area contributed by atoms with E-state index < -0.39 is 23.7 Å². The fourth-order valence-corrected chi connectivity index (χ4v) is 2.09. The van der Waals surface area contributed by atoms with Gasteiger partial charge in [0.25, 0.3) is 6.04 Å². The van der Waals surface area contributed by atoms with Crippen LogP contribution in [0.3, 0.4) is 0 Å². The summed E-state index contributed by atoms with van der Waals surface area (Å²) in [5.41, 5.74) is 0. The topological polar surface area (TPSA) is 83.6 Å². The molecule has 0 aromatic heterocycles. The van der Waals surface area contributed by atoms with Crippen LogP contribution in [0.5, 0.6) is 0 Å². The summed E-state index contributed by atoms with van der Waals surface area (Å²) < 4.78 is 0. The molecule has 5 heteroatoms. The summed E-state index contributed by atoms with van der Waals surface area (Å²) in [6.07, 6.45) is 3.88. The van der Waals surface area contributed by atoms with Crippen LogP contribution in [0.15, 0.2) is 0 Å². The molecule has 0 spiro atoms. The third-order valence-electron chi connectivity index (χ3n) is 2.98. The summed E-state index contributed by atoms with van der Waals surface area (Å²) >= 11 is 0. The van der Waals surface area contributed by atoms with Gasteiger partial charge in [0.15, 0.2) is 0 Å². The highest BCUT2D eigenvalue weighted by molar-refractivity contribution is 4.78. The Morgan fingerprint density at radius 2 is 1.93 bits per heavy atom. The first-order chi connectivity index (χ1) is 6.66. The zero-order valence-electron chi connectivity index (χ0n) is 8.13. The third-order valence-corrected chi connectivity index (χ3v) is 2.98. The number of nitro groups is 1. The van der Waals surface area contributed by atoms with Crippen molar-refractivity contribution in [3.63, 3.8) is 0 Å². The van der Waals surface area contributed by atoms with Crippen LogP contribution < -0.4 is 0 Å². The first kappa shape index (κ1) is 11.4. The minimum Gasteiger partial charge on any atom is -0.389 e. The van der Waals surface area contributed by atoms with Crippen LogP contribution in [-0.2, 0) is 0 Å². The molecule has 1 aliphatic rings. The third kappa shape index (κ3) is 2.65. The molecular formula is C9H17NO4. The Morgan fingerprint density at radius 3 is 2.36 bits per heavy atom. The van der Waals surface area contributed by atoms with E-state index in [0.717, 1.165) is 32.1 Å². The van der Waals surface area contributed by atoms with Crippen molar-refractivity contribution in [1.29, 1.82) is 0 Å². The second kappa shape index (κ2) is 5.26. The van der Waals surface area contributed by atoms with Crippen molar-refractivity contribution >= 4 is 0 Å². The van der Waals surface area contributed by atoms with Gasteiger partial charge < -0.3 is 10.2 Å². The molecule has 82 valence electrons. The van der Waals surface area contributed by atoms with Crippen molar-refractivity contribution in [3.8, 4) is 0 Å². The van der Waals surface area contributed by atoms with Crippen molar-refractivity contribution in [2.75, 3.05) is 6.61 Å². The summed E-state index contributed by atoms with van der Waals surface area (Å²) in [6, 6.07) is -1.21. The van der Waals surface area contributed by atoms with Gasteiger partial charge in [-0.05, 0) is 18.8 Å². The van der Waals surface area contributed by atoms with Crippen molar-refractivity contribution in [3.05, 3.63) is 10.1 Å². The van der Waals surface area contributed by atoms with Gasteiger partial charge >= 0.3 is 0 Å². The number of hydrogen-bond donors (Lipinski definition) is 2. The molecule has 1 rings (SSSR count). The molecule has 0 radical (unpaired) electrons. The van der Waals surface area contributed by atoms with Crippen molar-refractivity contribution < 1.29 is 15.1 Å². The summed E-state index contributed by atoms with van der Waals surface area (Å²) in [4.78, 5) is 9.92. The van der Waals surface area contributed by atoms with Crippen molar-refractivity contribution in [2.24, 2.45) is 5.92 Å². The monoisotopic (exact) mass is 203 g/mol. The molecule has 14 heavy (non-hydrogen) atoms. The average molecular weight is 203 g/mol. The molecule has 0 heterocycles. The lowest BCUT2D eigenvalue weighted by molar-refractivity contribution is -0.539. The van der Waals surface area contributed by atoms with Crippen LogP contribution in [0.1, 0.15) is 32.1 Å². The van der Waals surface area contributed by atoms with E-state index in [1.165, 1.54) is 0 Å². The molecule has 1 saturated carbocycles. The minimum absolute atomic E-state index is 0.00806. The number of nitrogens with zero attached hydrogens (tertiary/aromatic N) is 1. The fraction of sp³-hybridized carbons (Fsp3) is 1.00. The molecule has 0 aliphatic heterocycles. The molecule has 0 bridgehead atoms. The SMILES string of the molecule is O=[N+]([O-])[C@@H](CO)[C@@H](O)C1CCCCC1. The molecule has 0 aromatic carbocycles. The largest absolute Gasteiger partial charge is 0.389 e. The average Bonchev–Trinajstić information content (AvgIpc) is 2.19. The molecule has 0 aromatic rings. The molecule has 2 N–H and O–H groups in total. The Hall–Kier alpha value is -0.680. The van der Waals surface area contributed by atoms with Gasteiger partial charge in [0, 0.05) is 4.92 Å². The van der Waals surface area contributed by atoms with E-state index in [4.69, 9.17) is 5.11 Å². The van der Waals surface area contributed by atoms with Gasteiger partial charge in [-0.1, -0.05) is 19.3 Å². The lowest BCUT2D eigenvalue weighted by Crippen LogP contribution is -2.42. The van der Waals surface area contributed by atoms with E-state index >= 15 is 0 Å². The Kier molecular flexibility index (Phi) is 4.28. The van der Waals surface area contributed by atoms with E-state index in [2.05, 4.69) is 0 Å². The number of aliphatic hydroxyl groups excluding tert-OH is 2. The maximum atomic E-state index is 10.5. The first-order valence-corrected chi connectivity index (χ1v) is 5.09. The molecule has 0 saturated heterocycles. The van der Waals surface area contributed by atoms with Gasteiger partial charge in [-0.25, -0.2) is 0 Å². The summed E-state index contributed by atoms with van der Waals surface area (Å²) in [5.74, 6) is -0.00806. The lowest BCUT2D eigenvalue weighted by Gasteiger charge is -2.27. The van der Waals surface area contributed by atoms with Gasteiger partial charge in [0.05, 0.1) is 0 Å². The lowest BCUT2D eigenvalue weighted by atomic mass is 9.83. The maximum absolute atomic E-state index is 10.5. The van der Waals surface area contributed by atoms with E-state index in [9.17, 15) is 15.2 Å². The van der Waals surface area contributed by atoms with Gasteiger partial charge in [0.1, 0.15) is 12.7 Å².